The van der Waals surface area contributed by atoms with Gasteiger partial charge in [-0.3, -0.25) is 0 Å². The largest absolute Gasteiger partial charge is 0.493 e. The molecule has 88 valence electrons. The fourth-order valence-electron chi connectivity index (χ4n) is 1.58. The number of methoxy groups -OCH3 is 1. The van der Waals surface area contributed by atoms with E-state index in [1.165, 1.54) is 0 Å². The van der Waals surface area contributed by atoms with Crippen LogP contribution in [0.5, 0.6) is 11.5 Å². The lowest BCUT2D eigenvalue weighted by Crippen LogP contribution is -2.29. The molecule has 0 aromatic heterocycles. The van der Waals surface area contributed by atoms with Crippen molar-refractivity contribution in [2.75, 3.05) is 26.1 Å². The minimum Gasteiger partial charge on any atom is -0.493 e. The molecular formula is C11H15NO4. The standard InChI is InChI=1S/C11H15NO4/c1-14-10-4-7(12)2-3-9(10)16-11-6-15-5-8(11)13/h2-4,8,11,13H,5-6,12H2,1H3/t8-,11+/m1/s1. The van der Waals surface area contributed by atoms with Gasteiger partial charge in [-0.25, -0.2) is 0 Å². The fraction of sp³-hybridized carbons (Fsp3) is 0.455. The van der Waals surface area contributed by atoms with Gasteiger partial charge >= 0.3 is 0 Å². The third-order valence-electron chi connectivity index (χ3n) is 2.47. The third kappa shape index (κ3) is 2.20. The summed E-state index contributed by atoms with van der Waals surface area (Å²) in [5.74, 6) is 1.12. The molecule has 0 bridgehead atoms. The minimum absolute atomic E-state index is 0.307. The summed E-state index contributed by atoms with van der Waals surface area (Å²) in [4.78, 5) is 0. The van der Waals surface area contributed by atoms with Crippen LogP contribution in [0.15, 0.2) is 18.2 Å². The average molecular weight is 225 g/mol. The molecule has 1 aromatic rings. The highest BCUT2D eigenvalue weighted by molar-refractivity contribution is 5.52. The van der Waals surface area contributed by atoms with Gasteiger partial charge in [-0.1, -0.05) is 0 Å². The SMILES string of the molecule is COc1cc(N)ccc1O[C@H]1COC[C@H]1O. The molecule has 2 atom stereocenters. The summed E-state index contributed by atoms with van der Waals surface area (Å²) >= 11 is 0. The number of nitrogens with two attached hydrogens (primary N) is 1. The zero-order valence-corrected chi connectivity index (χ0v) is 9.05. The summed E-state index contributed by atoms with van der Waals surface area (Å²) < 4.78 is 15.9. The van der Waals surface area contributed by atoms with E-state index >= 15 is 0 Å². The predicted octanol–water partition coefficient (Wildman–Crippen LogP) is 0.416. The maximum absolute atomic E-state index is 9.55. The third-order valence-corrected chi connectivity index (χ3v) is 2.47. The highest BCUT2D eigenvalue weighted by Gasteiger charge is 2.28. The van der Waals surface area contributed by atoms with Gasteiger partial charge in [0.2, 0.25) is 0 Å². The lowest BCUT2D eigenvalue weighted by molar-refractivity contribution is 0.0715. The molecule has 0 aliphatic carbocycles. The summed E-state index contributed by atoms with van der Waals surface area (Å²) in [5, 5.41) is 9.55. The molecule has 3 N–H and O–H groups in total. The lowest BCUT2D eigenvalue weighted by Gasteiger charge is -2.17. The lowest BCUT2D eigenvalue weighted by atomic mass is 10.2. The molecule has 1 heterocycles. The van der Waals surface area contributed by atoms with Crippen molar-refractivity contribution in [1.29, 1.82) is 0 Å². The Bertz CT molecular complexity index is 369. The Labute approximate surface area is 93.7 Å². The van der Waals surface area contributed by atoms with E-state index < -0.39 is 6.10 Å². The van der Waals surface area contributed by atoms with Gasteiger partial charge in [0.05, 0.1) is 20.3 Å². The van der Waals surface area contributed by atoms with Crippen molar-refractivity contribution in [3.8, 4) is 11.5 Å². The van der Waals surface area contributed by atoms with Gasteiger partial charge in [0, 0.05) is 11.8 Å². The number of hydrogen-bond donors (Lipinski definition) is 2. The van der Waals surface area contributed by atoms with Crippen molar-refractivity contribution in [3.05, 3.63) is 18.2 Å². The van der Waals surface area contributed by atoms with Gasteiger partial charge in [-0.05, 0) is 12.1 Å². The molecule has 2 rings (SSSR count). The summed E-state index contributed by atoms with van der Waals surface area (Å²) in [7, 11) is 1.54. The molecule has 0 unspecified atom stereocenters. The molecule has 1 fully saturated rings. The van der Waals surface area contributed by atoms with Crippen LogP contribution in [0.2, 0.25) is 0 Å². The molecular weight excluding hydrogens is 210 g/mol. The van der Waals surface area contributed by atoms with E-state index in [-0.39, 0.29) is 6.10 Å². The molecule has 1 aromatic carbocycles. The van der Waals surface area contributed by atoms with Crippen LogP contribution < -0.4 is 15.2 Å². The van der Waals surface area contributed by atoms with Crippen molar-refractivity contribution in [2.45, 2.75) is 12.2 Å². The highest BCUT2D eigenvalue weighted by Crippen LogP contribution is 2.30. The second-order valence-corrected chi connectivity index (χ2v) is 3.67. The number of benzene rings is 1. The van der Waals surface area contributed by atoms with Crippen LogP contribution in [-0.2, 0) is 4.74 Å². The summed E-state index contributed by atoms with van der Waals surface area (Å²) in [6.45, 7) is 0.691. The first-order chi connectivity index (χ1) is 7.70. The van der Waals surface area contributed by atoms with Gasteiger partial charge in [-0.2, -0.15) is 0 Å². The van der Waals surface area contributed by atoms with Gasteiger partial charge in [0.25, 0.3) is 0 Å². The molecule has 5 heteroatoms. The van der Waals surface area contributed by atoms with E-state index in [1.54, 1.807) is 25.3 Å². The van der Waals surface area contributed by atoms with E-state index in [1.807, 2.05) is 0 Å². The van der Waals surface area contributed by atoms with E-state index in [9.17, 15) is 5.11 Å². The Morgan fingerprint density at radius 2 is 2.19 bits per heavy atom. The summed E-state index contributed by atoms with van der Waals surface area (Å²) in [5.41, 5.74) is 6.23. The molecule has 0 radical (unpaired) electrons. The van der Waals surface area contributed by atoms with Gasteiger partial charge < -0.3 is 25.1 Å². The molecule has 1 aliphatic heterocycles. The number of nitrogen functional groups attached to an aromatic ring is 1. The number of ether oxygens (including phenoxy) is 3. The molecule has 0 amide bonds. The Kier molecular flexibility index (Phi) is 3.17. The molecule has 0 saturated carbocycles. The zero-order chi connectivity index (χ0) is 11.5. The Hall–Kier alpha value is -1.46. The van der Waals surface area contributed by atoms with Crippen molar-refractivity contribution in [1.82, 2.24) is 0 Å². The van der Waals surface area contributed by atoms with Crippen molar-refractivity contribution in [2.24, 2.45) is 0 Å². The summed E-state index contributed by atoms with van der Waals surface area (Å²) in [6, 6.07) is 5.12. The van der Waals surface area contributed by atoms with Crippen LogP contribution in [0.1, 0.15) is 0 Å². The molecule has 16 heavy (non-hydrogen) atoms. The van der Waals surface area contributed by atoms with Crippen molar-refractivity contribution in [3.63, 3.8) is 0 Å². The molecule has 1 saturated heterocycles. The van der Waals surface area contributed by atoms with E-state index in [0.29, 0.717) is 30.4 Å². The smallest absolute Gasteiger partial charge is 0.162 e. The fourth-order valence-corrected chi connectivity index (χ4v) is 1.58. The Morgan fingerprint density at radius 3 is 2.81 bits per heavy atom. The van der Waals surface area contributed by atoms with Crippen LogP contribution >= 0.6 is 0 Å². The van der Waals surface area contributed by atoms with Crippen LogP contribution in [0.25, 0.3) is 0 Å². The second kappa shape index (κ2) is 4.59. The van der Waals surface area contributed by atoms with Gasteiger partial charge in [0.15, 0.2) is 17.6 Å². The maximum Gasteiger partial charge on any atom is 0.162 e. The topological polar surface area (TPSA) is 73.9 Å². The Morgan fingerprint density at radius 1 is 1.38 bits per heavy atom. The van der Waals surface area contributed by atoms with Crippen molar-refractivity contribution >= 4 is 5.69 Å². The Balaban J connectivity index is 2.14. The number of rotatable bonds is 3. The van der Waals surface area contributed by atoms with Crippen LogP contribution in [-0.4, -0.2) is 37.6 Å². The van der Waals surface area contributed by atoms with Crippen LogP contribution in [0.4, 0.5) is 5.69 Å². The number of aliphatic hydroxyl groups excluding tert-OH is 1. The predicted molar refractivity (Wildman–Crippen MR) is 58.6 cm³/mol. The number of anilines is 1. The maximum atomic E-state index is 9.55. The number of hydrogen-bond acceptors (Lipinski definition) is 5. The zero-order valence-electron chi connectivity index (χ0n) is 9.05. The molecule has 1 aliphatic rings. The summed E-state index contributed by atoms with van der Waals surface area (Å²) in [6.07, 6.45) is -0.945. The first-order valence-corrected chi connectivity index (χ1v) is 5.06. The number of aliphatic hydroxyl groups is 1. The van der Waals surface area contributed by atoms with E-state index in [2.05, 4.69) is 0 Å². The highest BCUT2D eigenvalue weighted by atomic mass is 16.6. The first kappa shape index (κ1) is 11.0. The minimum atomic E-state index is -0.595. The first-order valence-electron chi connectivity index (χ1n) is 5.06. The normalized spacial score (nSPS) is 24.4. The van der Waals surface area contributed by atoms with Crippen LogP contribution in [0.3, 0.4) is 0 Å². The van der Waals surface area contributed by atoms with Crippen LogP contribution in [0, 0.1) is 0 Å². The molecule has 5 nitrogen and oxygen atoms in total. The quantitative estimate of drug-likeness (QED) is 0.729. The van der Waals surface area contributed by atoms with Gasteiger partial charge in [-0.15, -0.1) is 0 Å². The van der Waals surface area contributed by atoms with Crippen molar-refractivity contribution < 1.29 is 19.3 Å². The monoisotopic (exact) mass is 225 g/mol. The van der Waals surface area contributed by atoms with E-state index in [4.69, 9.17) is 19.9 Å². The molecule has 0 spiro atoms. The van der Waals surface area contributed by atoms with Gasteiger partial charge in [0.1, 0.15) is 6.10 Å². The van der Waals surface area contributed by atoms with E-state index in [0.717, 1.165) is 0 Å². The second-order valence-electron chi connectivity index (χ2n) is 3.67. The average Bonchev–Trinajstić information content (AvgIpc) is 2.67.